The van der Waals surface area contributed by atoms with Gasteiger partial charge >= 0.3 is 0 Å². The van der Waals surface area contributed by atoms with E-state index in [2.05, 4.69) is 10.3 Å². The normalized spacial score (nSPS) is 10.5. The van der Waals surface area contributed by atoms with E-state index in [9.17, 15) is 4.79 Å². The van der Waals surface area contributed by atoms with Gasteiger partial charge in [0.25, 0.3) is 5.91 Å². The zero-order valence-electron chi connectivity index (χ0n) is 11.8. The molecule has 0 aliphatic carbocycles. The van der Waals surface area contributed by atoms with Crippen LogP contribution in [0.15, 0.2) is 54.7 Å². The van der Waals surface area contributed by atoms with Crippen LogP contribution in [0.3, 0.4) is 0 Å². The number of rotatable bonds is 3. The van der Waals surface area contributed by atoms with Crippen LogP contribution in [0.25, 0.3) is 10.9 Å². The van der Waals surface area contributed by atoms with Crippen molar-refractivity contribution in [2.75, 3.05) is 12.4 Å². The average Bonchev–Trinajstić information content (AvgIpc) is 2.55. The predicted molar refractivity (Wildman–Crippen MR) is 87.7 cm³/mol. The maximum Gasteiger partial charge on any atom is 0.255 e. The van der Waals surface area contributed by atoms with Crippen LogP contribution in [0.4, 0.5) is 5.69 Å². The number of methoxy groups -OCH3 is 1. The third-order valence-electron chi connectivity index (χ3n) is 3.29. The molecule has 1 amide bonds. The second-order valence-electron chi connectivity index (χ2n) is 4.68. The lowest BCUT2D eigenvalue weighted by atomic mass is 10.1. The number of nitrogens with zero attached hydrogens (tertiary/aromatic N) is 1. The molecule has 2 aromatic carbocycles. The number of hydrogen-bond donors (Lipinski definition) is 1. The fraction of sp³-hybridized carbons (Fsp3) is 0.0588. The topological polar surface area (TPSA) is 51.2 Å². The summed E-state index contributed by atoms with van der Waals surface area (Å²) in [5.74, 6) is 0.439. The van der Waals surface area contributed by atoms with Crippen LogP contribution in [0.2, 0.25) is 5.02 Å². The Morgan fingerprint density at radius 2 is 2.05 bits per heavy atom. The van der Waals surface area contributed by atoms with Crippen LogP contribution in [0, 0.1) is 0 Å². The third-order valence-corrected chi connectivity index (χ3v) is 3.52. The van der Waals surface area contributed by atoms with Gasteiger partial charge in [-0.3, -0.25) is 9.78 Å². The molecule has 4 nitrogen and oxygen atoms in total. The molecule has 0 bridgehead atoms. The maximum atomic E-state index is 12.3. The lowest BCUT2D eigenvalue weighted by Gasteiger charge is -2.11. The molecule has 1 heterocycles. The van der Waals surface area contributed by atoms with Crippen molar-refractivity contribution >= 4 is 34.1 Å². The molecule has 0 aliphatic heterocycles. The Balaban J connectivity index is 1.99. The van der Waals surface area contributed by atoms with Gasteiger partial charge in [-0.05, 0) is 42.5 Å². The van der Waals surface area contributed by atoms with Crippen molar-refractivity contribution < 1.29 is 9.53 Å². The second-order valence-corrected chi connectivity index (χ2v) is 5.12. The van der Waals surface area contributed by atoms with Gasteiger partial charge in [0.2, 0.25) is 0 Å². The summed E-state index contributed by atoms with van der Waals surface area (Å²) < 4.78 is 5.30. The molecule has 22 heavy (non-hydrogen) atoms. The molecule has 5 heteroatoms. The van der Waals surface area contributed by atoms with E-state index in [1.807, 2.05) is 12.1 Å². The van der Waals surface area contributed by atoms with Crippen molar-refractivity contribution in [2.45, 2.75) is 0 Å². The van der Waals surface area contributed by atoms with Crippen molar-refractivity contribution in [3.63, 3.8) is 0 Å². The molecule has 110 valence electrons. The summed E-state index contributed by atoms with van der Waals surface area (Å²) in [4.78, 5) is 16.7. The lowest BCUT2D eigenvalue weighted by molar-refractivity contribution is 0.102. The van der Waals surface area contributed by atoms with E-state index < -0.39 is 0 Å². The number of halogens is 1. The highest BCUT2D eigenvalue weighted by molar-refractivity contribution is 6.31. The van der Waals surface area contributed by atoms with Gasteiger partial charge < -0.3 is 10.1 Å². The molecule has 3 aromatic rings. The Kier molecular flexibility index (Phi) is 3.94. The zero-order valence-corrected chi connectivity index (χ0v) is 12.6. The van der Waals surface area contributed by atoms with Crippen LogP contribution in [0.1, 0.15) is 10.4 Å². The number of amides is 1. The smallest absolute Gasteiger partial charge is 0.255 e. The number of pyridine rings is 1. The minimum atomic E-state index is -0.224. The van der Waals surface area contributed by atoms with E-state index >= 15 is 0 Å². The van der Waals surface area contributed by atoms with Crippen molar-refractivity contribution in [1.82, 2.24) is 4.98 Å². The Bertz CT molecular complexity index is 849. The highest BCUT2D eigenvalue weighted by atomic mass is 35.5. The Morgan fingerprint density at radius 1 is 1.18 bits per heavy atom. The molecule has 0 radical (unpaired) electrons. The number of ether oxygens (including phenoxy) is 1. The number of aromatic nitrogens is 1. The molecule has 0 atom stereocenters. The maximum absolute atomic E-state index is 12.3. The first kappa shape index (κ1) is 14.4. The Morgan fingerprint density at radius 3 is 2.82 bits per heavy atom. The number of hydrogen-bond acceptors (Lipinski definition) is 3. The highest BCUT2D eigenvalue weighted by Gasteiger charge is 2.11. The minimum Gasteiger partial charge on any atom is -0.494 e. The van der Waals surface area contributed by atoms with Gasteiger partial charge in [0.1, 0.15) is 11.3 Å². The van der Waals surface area contributed by atoms with E-state index in [1.54, 1.807) is 49.7 Å². The fourth-order valence-corrected chi connectivity index (χ4v) is 2.43. The zero-order chi connectivity index (χ0) is 15.5. The summed E-state index contributed by atoms with van der Waals surface area (Å²) in [6, 6.07) is 14.1. The van der Waals surface area contributed by atoms with Crippen molar-refractivity contribution in [3.05, 3.63) is 65.3 Å². The molecule has 3 rings (SSSR count). The van der Waals surface area contributed by atoms with Gasteiger partial charge in [0, 0.05) is 22.2 Å². The van der Waals surface area contributed by atoms with Crippen molar-refractivity contribution in [1.29, 1.82) is 0 Å². The van der Waals surface area contributed by atoms with Crippen LogP contribution in [-0.4, -0.2) is 18.0 Å². The Labute approximate surface area is 132 Å². The summed E-state index contributed by atoms with van der Waals surface area (Å²) in [5, 5.41) is 4.23. The molecular weight excluding hydrogens is 300 g/mol. The monoisotopic (exact) mass is 312 g/mol. The molecule has 0 spiro atoms. The molecule has 0 unspecified atom stereocenters. The number of anilines is 1. The van der Waals surface area contributed by atoms with Gasteiger partial charge in [0.15, 0.2) is 0 Å². The first-order valence-electron chi connectivity index (χ1n) is 6.67. The molecular formula is C17H13ClN2O2. The van der Waals surface area contributed by atoms with Gasteiger partial charge in [-0.1, -0.05) is 17.7 Å². The SMILES string of the molecule is COc1ccc(NC(=O)c2cccc(Cl)c2)c2cccnc12. The number of carbonyl (C=O) groups excluding carboxylic acids is 1. The average molecular weight is 313 g/mol. The number of fused-ring (bicyclic) bond motifs is 1. The summed E-state index contributed by atoms with van der Waals surface area (Å²) in [6.45, 7) is 0. The quantitative estimate of drug-likeness (QED) is 0.790. The molecule has 0 saturated carbocycles. The van der Waals surface area contributed by atoms with Gasteiger partial charge in [0.05, 0.1) is 12.8 Å². The highest BCUT2D eigenvalue weighted by Crippen LogP contribution is 2.30. The largest absolute Gasteiger partial charge is 0.494 e. The molecule has 1 aromatic heterocycles. The van der Waals surface area contributed by atoms with Crippen molar-refractivity contribution in [3.8, 4) is 5.75 Å². The van der Waals surface area contributed by atoms with E-state index in [-0.39, 0.29) is 5.91 Å². The van der Waals surface area contributed by atoms with E-state index in [0.717, 1.165) is 5.39 Å². The van der Waals surface area contributed by atoms with E-state index in [4.69, 9.17) is 16.3 Å². The Hall–Kier alpha value is -2.59. The predicted octanol–water partition coefficient (Wildman–Crippen LogP) is 4.15. The molecule has 0 saturated heterocycles. The summed E-state index contributed by atoms with van der Waals surface area (Å²) in [6.07, 6.45) is 1.69. The standard InChI is InChI=1S/C17H13ClN2O2/c1-22-15-8-7-14(13-6-3-9-19-16(13)15)20-17(21)11-4-2-5-12(18)10-11/h2-10H,1H3,(H,20,21). The first-order chi connectivity index (χ1) is 10.7. The van der Waals surface area contributed by atoms with Gasteiger partial charge in [-0.15, -0.1) is 0 Å². The van der Waals surface area contributed by atoms with E-state index in [1.165, 1.54) is 0 Å². The van der Waals surface area contributed by atoms with Crippen LogP contribution < -0.4 is 10.1 Å². The molecule has 1 N–H and O–H groups in total. The molecule has 0 fully saturated rings. The first-order valence-corrected chi connectivity index (χ1v) is 7.05. The second kappa shape index (κ2) is 6.03. The van der Waals surface area contributed by atoms with Gasteiger partial charge in [-0.25, -0.2) is 0 Å². The summed E-state index contributed by atoms with van der Waals surface area (Å²) in [7, 11) is 1.59. The summed E-state index contributed by atoms with van der Waals surface area (Å²) >= 11 is 5.92. The minimum absolute atomic E-state index is 0.224. The third kappa shape index (κ3) is 2.73. The number of carbonyl (C=O) groups is 1. The molecule has 0 aliphatic rings. The fourth-order valence-electron chi connectivity index (χ4n) is 2.24. The number of nitrogens with one attached hydrogen (secondary N) is 1. The van der Waals surface area contributed by atoms with Gasteiger partial charge in [-0.2, -0.15) is 0 Å². The van der Waals surface area contributed by atoms with Crippen LogP contribution in [-0.2, 0) is 0 Å². The van der Waals surface area contributed by atoms with E-state index in [0.29, 0.717) is 27.5 Å². The van der Waals surface area contributed by atoms with Crippen molar-refractivity contribution in [2.24, 2.45) is 0 Å². The van der Waals surface area contributed by atoms with Crippen LogP contribution >= 0.6 is 11.6 Å². The lowest BCUT2D eigenvalue weighted by Crippen LogP contribution is -2.12. The van der Waals surface area contributed by atoms with Crippen LogP contribution in [0.5, 0.6) is 5.75 Å². The number of benzene rings is 2. The summed E-state index contributed by atoms with van der Waals surface area (Å²) in [5.41, 5.74) is 1.88.